The summed E-state index contributed by atoms with van der Waals surface area (Å²) in [5.41, 5.74) is 3.71. The Labute approximate surface area is 232 Å². The minimum absolute atomic E-state index is 0.0187. The van der Waals surface area contributed by atoms with Crippen molar-refractivity contribution in [2.24, 2.45) is 5.92 Å². The van der Waals surface area contributed by atoms with Crippen molar-refractivity contribution in [1.82, 2.24) is 14.9 Å². The topological polar surface area (TPSA) is 132 Å². The molecule has 0 bridgehead atoms. The molecule has 0 saturated carbocycles. The van der Waals surface area contributed by atoms with E-state index in [2.05, 4.69) is 37.7 Å². The zero-order chi connectivity index (χ0) is 28.4. The monoisotopic (exact) mass is 545 g/mol. The molecule has 1 fully saturated rings. The number of carbonyl (C=O) groups is 2. The predicted octanol–water partition coefficient (Wildman–Crippen LogP) is 3.57. The summed E-state index contributed by atoms with van der Waals surface area (Å²) in [6, 6.07) is 9.26. The van der Waals surface area contributed by atoms with Crippen molar-refractivity contribution in [2.75, 3.05) is 53.6 Å². The summed E-state index contributed by atoms with van der Waals surface area (Å²) in [5, 5.41) is 9.33. The van der Waals surface area contributed by atoms with Gasteiger partial charge < -0.3 is 35.5 Å². The largest absolute Gasteiger partial charge is 0.474 e. The molecule has 11 heteroatoms. The number of nitrogens with zero attached hydrogens (tertiary/aromatic N) is 3. The summed E-state index contributed by atoms with van der Waals surface area (Å²) in [6.07, 6.45) is 3.12. The summed E-state index contributed by atoms with van der Waals surface area (Å²) in [5.74, 6) is 0.159. The quantitative estimate of drug-likeness (QED) is 0.370. The lowest BCUT2D eigenvalue weighted by Crippen LogP contribution is -2.55. The first-order valence-corrected chi connectivity index (χ1v) is 13.5. The highest BCUT2D eigenvalue weighted by Crippen LogP contribution is 2.34. The van der Waals surface area contributed by atoms with Crippen LogP contribution in [0.15, 0.2) is 47.5 Å². The molecule has 1 aromatic carbocycles. The van der Waals surface area contributed by atoms with E-state index in [0.29, 0.717) is 42.6 Å². The molecule has 2 amide bonds. The average Bonchev–Trinajstić information content (AvgIpc) is 2.94. The van der Waals surface area contributed by atoms with Gasteiger partial charge in [-0.15, -0.1) is 0 Å². The molecule has 11 nitrogen and oxygen atoms in total. The number of rotatable bonds is 6. The first kappa shape index (κ1) is 27.0. The van der Waals surface area contributed by atoms with Crippen LogP contribution in [0.25, 0.3) is 0 Å². The maximum Gasteiger partial charge on any atom is 0.263 e. The van der Waals surface area contributed by atoms with Crippen molar-refractivity contribution in [3.63, 3.8) is 0 Å². The van der Waals surface area contributed by atoms with Crippen LogP contribution in [0.2, 0.25) is 0 Å². The third kappa shape index (κ3) is 5.45. The minimum Gasteiger partial charge on any atom is -0.474 e. The van der Waals surface area contributed by atoms with Crippen LogP contribution in [0.4, 0.5) is 28.4 Å². The number of benzene rings is 1. The van der Waals surface area contributed by atoms with Gasteiger partial charge in [-0.3, -0.25) is 14.4 Å². The molecular weight excluding hydrogens is 510 g/mol. The van der Waals surface area contributed by atoms with E-state index in [9.17, 15) is 14.4 Å². The van der Waals surface area contributed by atoms with Gasteiger partial charge in [-0.1, -0.05) is 13.8 Å². The number of aromatic amines is 1. The Morgan fingerprint density at radius 2 is 1.90 bits per heavy atom. The highest BCUT2D eigenvalue weighted by atomic mass is 16.5. The highest BCUT2D eigenvalue weighted by Gasteiger charge is 2.29. The summed E-state index contributed by atoms with van der Waals surface area (Å²) >= 11 is 0. The average molecular weight is 546 g/mol. The Balaban J connectivity index is 1.29. The highest BCUT2D eigenvalue weighted by molar-refractivity contribution is 6.08. The maximum atomic E-state index is 13.3. The number of anilines is 5. The van der Waals surface area contributed by atoms with E-state index in [1.807, 2.05) is 49.9 Å². The first-order chi connectivity index (χ1) is 19.2. The number of nitrogens with one attached hydrogen (secondary N) is 4. The molecule has 4 heterocycles. The third-order valence-electron chi connectivity index (χ3n) is 7.30. The summed E-state index contributed by atoms with van der Waals surface area (Å²) in [6.45, 7) is 11.2. The lowest BCUT2D eigenvalue weighted by atomic mass is 10.1. The fourth-order valence-corrected chi connectivity index (χ4v) is 5.10. The van der Waals surface area contributed by atoms with Crippen LogP contribution in [-0.4, -0.2) is 65.5 Å². The van der Waals surface area contributed by atoms with Crippen LogP contribution in [0.1, 0.15) is 36.7 Å². The molecule has 0 aliphatic carbocycles. The molecule has 1 saturated heterocycles. The van der Waals surface area contributed by atoms with Crippen LogP contribution < -0.4 is 31.1 Å². The molecule has 0 radical (unpaired) electrons. The first-order valence-electron chi connectivity index (χ1n) is 13.5. The smallest absolute Gasteiger partial charge is 0.263 e. The fourth-order valence-electron chi connectivity index (χ4n) is 5.10. The van der Waals surface area contributed by atoms with Crippen molar-refractivity contribution in [3.8, 4) is 5.88 Å². The van der Waals surface area contributed by atoms with Crippen molar-refractivity contribution < 1.29 is 14.3 Å². The zero-order valence-corrected chi connectivity index (χ0v) is 23.2. The second kappa shape index (κ2) is 11.3. The molecule has 1 atom stereocenters. The van der Waals surface area contributed by atoms with Crippen molar-refractivity contribution in [1.29, 1.82) is 0 Å². The van der Waals surface area contributed by atoms with Crippen LogP contribution in [-0.2, 0) is 4.79 Å². The molecule has 0 spiro atoms. The van der Waals surface area contributed by atoms with Gasteiger partial charge in [-0.25, -0.2) is 4.98 Å². The number of carbonyl (C=O) groups excluding carboxylic acids is 2. The standard InChI is InChI=1S/C29H35N7O4/c1-17(2)29(39)36-13-12-35(16-18(36)3)21-7-5-20(6-8-21)33-27(38)24-22(9-10-31-26(24)37)34-23-15-32-28-25(19(23)4)30-11-14-40-28/h5-10,15,17-18,30H,11-14,16H2,1-4H3,(H,33,38)(H2,31,34,37). The Morgan fingerprint density at radius 3 is 2.62 bits per heavy atom. The van der Waals surface area contributed by atoms with Crippen molar-refractivity contribution >= 4 is 40.3 Å². The van der Waals surface area contributed by atoms with Crippen LogP contribution in [0.5, 0.6) is 5.88 Å². The fraction of sp³-hybridized carbons (Fsp3) is 0.379. The van der Waals surface area contributed by atoms with Crippen molar-refractivity contribution in [2.45, 2.75) is 33.7 Å². The van der Waals surface area contributed by atoms with E-state index in [1.54, 1.807) is 12.3 Å². The Morgan fingerprint density at radius 1 is 1.12 bits per heavy atom. The number of hydrogen-bond acceptors (Lipinski definition) is 8. The SMILES string of the molecule is Cc1c(Nc2cc[nH]c(=O)c2C(=O)Nc2ccc(N3CCN(C(=O)C(C)C)C(C)C3)cc2)cnc2c1NCCO2. The summed E-state index contributed by atoms with van der Waals surface area (Å²) in [4.78, 5) is 49.6. The molecule has 3 aromatic rings. The third-order valence-corrected chi connectivity index (χ3v) is 7.30. The van der Waals surface area contributed by atoms with E-state index in [4.69, 9.17) is 4.74 Å². The van der Waals surface area contributed by atoms with Crippen molar-refractivity contribution in [3.05, 3.63) is 64.2 Å². The van der Waals surface area contributed by atoms with Gasteiger partial charge in [-0.05, 0) is 44.2 Å². The summed E-state index contributed by atoms with van der Waals surface area (Å²) in [7, 11) is 0. The van der Waals surface area contributed by atoms with Gasteiger partial charge in [-0.2, -0.15) is 0 Å². The molecule has 2 aromatic heterocycles. The van der Waals surface area contributed by atoms with Crippen LogP contribution in [0.3, 0.4) is 0 Å². The minimum atomic E-state index is -0.531. The van der Waals surface area contributed by atoms with E-state index >= 15 is 0 Å². The molecule has 5 rings (SSSR count). The van der Waals surface area contributed by atoms with Gasteiger partial charge >= 0.3 is 0 Å². The van der Waals surface area contributed by atoms with E-state index in [1.165, 1.54) is 6.20 Å². The van der Waals surface area contributed by atoms with E-state index in [0.717, 1.165) is 30.0 Å². The number of amides is 2. The maximum absolute atomic E-state index is 13.3. The number of aromatic nitrogens is 2. The lowest BCUT2D eigenvalue weighted by Gasteiger charge is -2.41. The predicted molar refractivity (Wildman–Crippen MR) is 156 cm³/mol. The van der Waals surface area contributed by atoms with Gasteiger partial charge in [0.15, 0.2) is 0 Å². The van der Waals surface area contributed by atoms with E-state index < -0.39 is 11.5 Å². The number of fused-ring (bicyclic) bond motifs is 1. The Kier molecular flexibility index (Phi) is 7.63. The number of pyridine rings is 2. The Hall–Kier alpha value is -4.54. The van der Waals surface area contributed by atoms with Gasteiger partial charge in [0, 0.05) is 61.3 Å². The second-order valence-electron chi connectivity index (χ2n) is 10.5. The number of hydrogen-bond donors (Lipinski definition) is 4. The molecule has 2 aliphatic rings. The summed E-state index contributed by atoms with van der Waals surface area (Å²) < 4.78 is 5.59. The van der Waals surface area contributed by atoms with Gasteiger partial charge in [0.1, 0.15) is 17.9 Å². The van der Waals surface area contributed by atoms with Crippen LogP contribution in [0, 0.1) is 12.8 Å². The van der Waals surface area contributed by atoms with Gasteiger partial charge in [0.05, 0.1) is 17.6 Å². The molecule has 1 unspecified atom stereocenters. The molecule has 2 aliphatic heterocycles. The van der Waals surface area contributed by atoms with Crippen LogP contribution >= 0.6 is 0 Å². The van der Waals surface area contributed by atoms with Gasteiger partial charge in [0.25, 0.3) is 11.5 Å². The normalized spacial score (nSPS) is 16.6. The molecular formula is C29H35N7O4. The zero-order valence-electron chi connectivity index (χ0n) is 23.2. The molecule has 210 valence electrons. The molecule has 40 heavy (non-hydrogen) atoms. The Bertz CT molecular complexity index is 1470. The van der Waals surface area contributed by atoms with Gasteiger partial charge in [0.2, 0.25) is 11.8 Å². The molecule has 4 N–H and O–H groups in total. The van der Waals surface area contributed by atoms with E-state index in [-0.39, 0.29) is 23.4 Å². The number of piperazine rings is 1. The number of ether oxygens (including phenoxy) is 1. The second-order valence-corrected chi connectivity index (χ2v) is 10.5. The number of H-pyrrole nitrogens is 1. The lowest BCUT2D eigenvalue weighted by molar-refractivity contribution is -0.136.